The van der Waals surface area contributed by atoms with Gasteiger partial charge in [-0.1, -0.05) is 36.4 Å². The van der Waals surface area contributed by atoms with Crippen LogP contribution >= 0.6 is 0 Å². The Morgan fingerprint density at radius 2 is 2.07 bits per heavy atom. The van der Waals surface area contributed by atoms with E-state index in [9.17, 15) is 4.79 Å². The van der Waals surface area contributed by atoms with E-state index in [-0.39, 0.29) is 0 Å². The summed E-state index contributed by atoms with van der Waals surface area (Å²) < 4.78 is 0. The van der Waals surface area contributed by atoms with Gasteiger partial charge in [0.15, 0.2) is 0 Å². The molecule has 1 aromatic rings. The summed E-state index contributed by atoms with van der Waals surface area (Å²) in [6, 6.07) is 9.56. The third-order valence-electron chi connectivity index (χ3n) is 2.35. The Hall–Kier alpha value is -1.57. The molecule has 14 heavy (non-hydrogen) atoms. The average molecular weight is 190 g/mol. The molecule has 0 amide bonds. The van der Waals surface area contributed by atoms with Crippen LogP contribution in [0.2, 0.25) is 0 Å². The van der Waals surface area contributed by atoms with Gasteiger partial charge < -0.3 is 5.11 Å². The van der Waals surface area contributed by atoms with Crippen molar-refractivity contribution in [3.05, 3.63) is 48.6 Å². The molecule has 0 aromatic heterocycles. The Labute approximate surface area is 83.9 Å². The summed E-state index contributed by atoms with van der Waals surface area (Å²) in [7, 11) is 0. The quantitative estimate of drug-likeness (QED) is 0.741. The molecule has 0 aliphatic heterocycles. The molecule has 1 N–H and O–H groups in total. The van der Waals surface area contributed by atoms with E-state index in [0.29, 0.717) is 6.42 Å². The standard InChI is InChI=1S/C12H14O2/c1-3-12(2,11(13)14)9-10-7-5-4-6-8-10/h3-8H,1,9H2,2H3,(H,13,14)/t12-/m1/s1. The van der Waals surface area contributed by atoms with E-state index in [0.717, 1.165) is 5.56 Å². The van der Waals surface area contributed by atoms with Crippen LogP contribution < -0.4 is 0 Å². The molecule has 0 saturated carbocycles. The van der Waals surface area contributed by atoms with Crippen LogP contribution in [0, 0.1) is 5.41 Å². The van der Waals surface area contributed by atoms with E-state index >= 15 is 0 Å². The largest absolute Gasteiger partial charge is 0.481 e. The van der Waals surface area contributed by atoms with Gasteiger partial charge in [-0.2, -0.15) is 0 Å². The van der Waals surface area contributed by atoms with Gasteiger partial charge in [0.2, 0.25) is 0 Å². The summed E-state index contributed by atoms with van der Waals surface area (Å²) in [6.07, 6.45) is 1.97. The Balaban J connectivity index is 2.86. The van der Waals surface area contributed by atoms with Gasteiger partial charge in [0.25, 0.3) is 0 Å². The molecule has 0 unspecified atom stereocenters. The fourth-order valence-corrected chi connectivity index (χ4v) is 1.25. The number of carboxylic acid groups (broad SMARTS) is 1. The first-order chi connectivity index (χ1) is 6.58. The van der Waals surface area contributed by atoms with E-state index in [4.69, 9.17) is 5.11 Å². The maximum atomic E-state index is 11.0. The van der Waals surface area contributed by atoms with Crippen molar-refractivity contribution in [3.8, 4) is 0 Å². The van der Waals surface area contributed by atoms with Crippen LogP contribution in [0.3, 0.4) is 0 Å². The Bertz CT molecular complexity index is 329. The average Bonchev–Trinajstić information content (AvgIpc) is 2.19. The van der Waals surface area contributed by atoms with Crippen LogP contribution in [0.15, 0.2) is 43.0 Å². The summed E-state index contributed by atoms with van der Waals surface area (Å²) in [5.41, 5.74) is 0.138. The zero-order valence-corrected chi connectivity index (χ0v) is 8.23. The fourth-order valence-electron chi connectivity index (χ4n) is 1.25. The molecule has 0 heterocycles. The molecule has 0 aliphatic carbocycles. The van der Waals surface area contributed by atoms with Crippen LogP contribution in [-0.4, -0.2) is 11.1 Å². The van der Waals surface area contributed by atoms with Crippen molar-refractivity contribution in [2.24, 2.45) is 5.41 Å². The van der Waals surface area contributed by atoms with E-state index in [1.54, 1.807) is 6.92 Å². The molecule has 74 valence electrons. The first-order valence-electron chi connectivity index (χ1n) is 4.49. The van der Waals surface area contributed by atoms with Gasteiger partial charge >= 0.3 is 5.97 Å². The van der Waals surface area contributed by atoms with Crippen LogP contribution in [0.1, 0.15) is 12.5 Å². The predicted octanol–water partition coefficient (Wildman–Crippen LogP) is 2.51. The van der Waals surface area contributed by atoms with Crippen molar-refractivity contribution in [2.75, 3.05) is 0 Å². The number of hydrogen-bond acceptors (Lipinski definition) is 1. The molecule has 0 fully saturated rings. The number of carbonyl (C=O) groups is 1. The molecule has 0 spiro atoms. The summed E-state index contributed by atoms with van der Waals surface area (Å²) in [5.74, 6) is -0.837. The van der Waals surface area contributed by atoms with Gasteiger partial charge in [0.1, 0.15) is 0 Å². The molecular formula is C12H14O2. The predicted molar refractivity (Wildman–Crippen MR) is 56.1 cm³/mol. The van der Waals surface area contributed by atoms with Crippen molar-refractivity contribution in [1.29, 1.82) is 0 Å². The van der Waals surface area contributed by atoms with Gasteiger partial charge in [-0.25, -0.2) is 0 Å². The molecule has 0 saturated heterocycles. The zero-order valence-electron chi connectivity index (χ0n) is 8.23. The molecule has 1 aromatic carbocycles. The third kappa shape index (κ3) is 2.22. The second-order valence-electron chi connectivity index (χ2n) is 3.59. The summed E-state index contributed by atoms with van der Waals surface area (Å²) >= 11 is 0. The number of hydrogen-bond donors (Lipinski definition) is 1. The van der Waals surface area contributed by atoms with Crippen LogP contribution in [0.5, 0.6) is 0 Å². The van der Waals surface area contributed by atoms with Gasteiger partial charge in [-0.05, 0) is 18.9 Å². The Kier molecular flexibility index (Phi) is 3.07. The second-order valence-corrected chi connectivity index (χ2v) is 3.59. The molecule has 1 atom stereocenters. The second kappa shape index (κ2) is 4.09. The van der Waals surface area contributed by atoms with E-state index in [1.165, 1.54) is 6.08 Å². The lowest BCUT2D eigenvalue weighted by molar-refractivity contribution is -0.145. The zero-order chi connectivity index (χ0) is 10.6. The normalized spacial score (nSPS) is 14.4. The van der Waals surface area contributed by atoms with Crippen LogP contribution in [0.4, 0.5) is 0 Å². The molecule has 0 bridgehead atoms. The van der Waals surface area contributed by atoms with Crippen molar-refractivity contribution in [1.82, 2.24) is 0 Å². The molecular weight excluding hydrogens is 176 g/mol. The van der Waals surface area contributed by atoms with Gasteiger partial charge in [0.05, 0.1) is 5.41 Å². The Morgan fingerprint density at radius 1 is 1.50 bits per heavy atom. The summed E-state index contributed by atoms with van der Waals surface area (Å²) in [4.78, 5) is 11.0. The molecule has 1 rings (SSSR count). The molecule has 0 radical (unpaired) electrons. The van der Waals surface area contributed by atoms with Gasteiger partial charge in [-0.15, -0.1) is 6.58 Å². The number of rotatable bonds is 4. The maximum Gasteiger partial charge on any atom is 0.313 e. The Morgan fingerprint density at radius 3 is 2.50 bits per heavy atom. The first-order valence-corrected chi connectivity index (χ1v) is 4.49. The van der Waals surface area contributed by atoms with Crippen LogP contribution in [-0.2, 0) is 11.2 Å². The topological polar surface area (TPSA) is 37.3 Å². The minimum Gasteiger partial charge on any atom is -0.481 e. The van der Waals surface area contributed by atoms with Crippen molar-refractivity contribution >= 4 is 5.97 Å². The molecule has 0 aliphatic rings. The SMILES string of the molecule is C=C[C@](C)(Cc1ccccc1)C(=O)O. The number of aliphatic carboxylic acids is 1. The highest BCUT2D eigenvalue weighted by atomic mass is 16.4. The maximum absolute atomic E-state index is 11.0. The molecule has 2 nitrogen and oxygen atoms in total. The van der Waals surface area contributed by atoms with E-state index < -0.39 is 11.4 Å². The summed E-state index contributed by atoms with van der Waals surface area (Å²) in [5, 5.41) is 9.02. The molecule has 2 heteroatoms. The van der Waals surface area contributed by atoms with E-state index in [1.807, 2.05) is 30.3 Å². The van der Waals surface area contributed by atoms with Gasteiger partial charge in [-0.3, -0.25) is 4.79 Å². The van der Waals surface area contributed by atoms with Crippen LogP contribution in [0.25, 0.3) is 0 Å². The van der Waals surface area contributed by atoms with Crippen molar-refractivity contribution in [2.45, 2.75) is 13.3 Å². The van der Waals surface area contributed by atoms with Crippen molar-refractivity contribution in [3.63, 3.8) is 0 Å². The highest BCUT2D eigenvalue weighted by molar-refractivity contribution is 5.76. The first kappa shape index (κ1) is 10.5. The van der Waals surface area contributed by atoms with Crippen molar-refractivity contribution < 1.29 is 9.90 Å². The highest BCUT2D eigenvalue weighted by Gasteiger charge is 2.29. The van der Waals surface area contributed by atoms with Gasteiger partial charge in [0, 0.05) is 0 Å². The van der Waals surface area contributed by atoms with E-state index in [2.05, 4.69) is 6.58 Å². The highest BCUT2D eigenvalue weighted by Crippen LogP contribution is 2.23. The third-order valence-corrected chi connectivity index (χ3v) is 2.35. The smallest absolute Gasteiger partial charge is 0.313 e. The summed E-state index contributed by atoms with van der Waals surface area (Å²) in [6.45, 7) is 5.25. The lowest BCUT2D eigenvalue weighted by Gasteiger charge is -2.19. The lowest BCUT2D eigenvalue weighted by Crippen LogP contribution is -2.27. The fraction of sp³-hybridized carbons (Fsp3) is 0.250. The minimum absolute atomic E-state index is 0.479. The minimum atomic E-state index is -0.874. The number of benzene rings is 1. The monoisotopic (exact) mass is 190 g/mol. The number of carboxylic acids is 1. The lowest BCUT2D eigenvalue weighted by atomic mass is 9.84.